The van der Waals surface area contributed by atoms with E-state index in [-0.39, 0.29) is 17.7 Å². The van der Waals surface area contributed by atoms with E-state index in [0.29, 0.717) is 21.4 Å². The first kappa shape index (κ1) is 21.6. The molecular formula is C21H24Cl2N4O2. The molecule has 0 saturated heterocycles. The molecule has 1 atom stereocenters. The highest BCUT2D eigenvalue weighted by molar-refractivity contribution is 6.42. The largest absolute Gasteiger partial charge is 0.394 e. The Bertz CT molecular complexity index is 842. The van der Waals surface area contributed by atoms with E-state index in [0.717, 1.165) is 25.7 Å². The molecule has 154 valence electrons. The fourth-order valence-corrected chi connectivity index (χ4v) is 3.72. The van der Waals surface area contributed by atoms with E-state index < -0.39 is 6.04 Å². The zero-order chi connectivity index (χ0) is 20.6. The first-order chi connectivity index (χ1) is 14.0. The summed E-state index contributed by atoms with van der Waals surface area (Å²) in [6.45, 7) is 0. The molecule has 0 heterocycles. The Hall–Kier alpha value is -2.12. The van der Waals surface area contributed by atoms with E-state index >= 15 is 0 Å². The summed E-state index contributed by atoms with van der Waals surface area (Å²) >= 11 is 11.9. The first-order valence-corrected chi connectivity index (χ1v) is 10.4. The van der Waals surface area contributed by atoms with Crippen LogP contribution in [0.25, 0.3) is 0 Å². The third-order valence-electron chi connectivity index (χ3n) is 4.99. The maximum atomic E-state index is 12.9. The van der Waals surface area contributed by atoms with Gasteiger partial charge in [0.25, 0.3) is 0 Å². The smallest absolute Gasteiger partial charge is 0.244 e. The van der Waals surface area contributed by atoms with Gasteiger partial charge >= 0.3 is 0 Å². The summed E-state index contributed by atoms with van der Waals surface area (Å²) in [5, 5.41) is 11.7. The van der Waals surface area contributed by atoms with Crippen LogP contribution in [0.15, 0.2) is 48.5 Å². The number of nitrogens with one attached hydrogen (secondary N) is 4. The molecule has 1 unspecified atom stereocenters. The summed E-state index contributed by atoms with van der Waals surface area (Å²) in [6.07, 6.45) is 5.23. The standard InChI is InChI=1S/C21H24Cl2N4O2/c22-17-12-11-16(13-18(17)23)29-27-26-19(14-7-3-1-4-8-14)21(28)25-20(24)15-9-5-2-6-10-15/h2,5-6,9-14,19,26-27H,1,3-4,7-8H2,(H2,24,25,28). The topological polar surface area (TPSA) is 86.2 Å². The lowest BCUT2D eigenvalue weighted by molar-refractivity contribution is -0.124. The van der Waals surface area contributed by atoms with Crippen LogP contribution < -0.4 is 21.2 Å². The molecule has 0 radical (unpaired) electrons. The SMILES string of the molecule is N=C(NC(=O)C(NNOc1ccc(Cl)c(Cl)c1)C1CCCCC1)c1ccccc1. The minimum Gasteiger partial charge on any atom is -0.394 e. The highest BCUT2D eigenvalue weighted by Crippen LogP contribution is 2.27. The third-order valence-corrected chi connectivity index (χ3v) is 5.73. The molecule has 29 heavy (non-hydrogen) atoms. The molecule has 0 aliphatic heterocycles. The molecule has 3 rings (SSSR count). The Kier molecular flexibility index (Phi) is 7.89. The zero-order valence-corrected chi connectivity index (χ0v) is 17.4. The van der Waals surface area contributed by atoms with Crippen LogP contribution >= 0.6 is 23.2 Å². The average molecular weight is 435 g/mol. The number of amidine groups is 1. The van der Waals surface area contributed by atoms with Gasteiger partial charge in [-0.3, -0.25) is 10.2 Å². The average Bonchev–Trinajstić information content (AvgIpc) is 2.75. The van der Waals surface area contributed by atoms with Gasteiger partial charge in [0.1, 0.15) is 11.9 Å². The van der Waals surface area contributed by atoms with Gasteiger partial charge in [0.2, 0.25) is 5.91 Å². The van der Waals surface area contributed by atoms with Gasteiger partial charge in [-0.1, -0.05) is 78.4 Å². The van der Waals surface area contributed by atoms with Crippen LogP contribution in [0.5, 0.6) is 5.75 Å². The van der Waals surface area contributed by atoms with Crippen LogP contribution in [0.1, 0.15) is 37.7 Å². The van der Waals surface area contributed by atoms with Crippen molar-refractivity contribution in [1.29, 1.82) is 5.41 Å². The fourth-order valence-electron chi connectivity index (χ4n) is 3.44. The molecule has 0 bridgehead atoms. The van der Waals surface area contributed by atoms with Crippen LogP contribution in [0.2, 0.25) is 10.0 Å². The minimum atomic E-state index is -0.540. The van der Waals surface area contributed by atoms with Gasteiger partial charge in [0.15, 0.2) is 5.75 Å². The van der Waals surface area contributed by atoms with Crippen molar-refractivity contribution in [1.82, 2.24) is 16.3 Å². The van der Waals surface area contributed by atoms with Crippen LogP contribution in [-0.4, -0.2) is 17.8 Å². The summed E-state index contributed by atoms with van der Waals surface area (Å²) < 4.78 is 0. The molecular weight excluding hydrogens is 411 g/mol. The molecule has 2 aromatic rings. The van der Waals surface area contributed by atoms with E-state index in [9.17, 15) is 4.79 Å². The fraction of sp³-hybridized carbons (Fsp3) is 0.333. The summed E-state index contributed by atoms with van der Waals surface area (Å²) in [6, 6.07) is 13.5. The predicted molar refractivity (Wildman–Crippen MR) is 115 cm³/mol. The van der Waals surface area contributed by atoms with Gasteiger partial charge in [-0.05, 0) is 30.9 Å². The molecule has 2 aromatic carbocycles. The predicted octanol–water partition coefficient (Wildman–Crippen LogP) is 4.47. The Labute approximate surface area is 180 Å². The number of halogens is 2. The number of amides is 1. The van der Waals surface area contributed by atoms with Gasteiger partial charge in [0, 0.05) is 11.6 Å². The molecule has 1 aliphatic carbocycles. The summed E-state index contributed by atoms with van der Waals surface area (Å²) in [7, 11) is 0. The number of benzene rings is 2. The molecule has 0 aromatic heterocycles. The zero-order valence-electron chi connectivity index (χ0n) is 15.9. The van der Waals surface area contributed by atoms with Crippen molar-refractivity contribution in [3.63, 3.8) is 0 Å². The third kappa shape index (κ3) is 6.18. The normalized spacial score (nSPS) is 15.5. The molecule has 6 nitrogen and oxygen atoms in total. The monoisotopic (exact) mass is 434 g/mol. The number of carbonyl (C=O) groups excluding carboxylic acids is 1. The highest BCUT2D eigenvalue weighted by atomic mass is 35.5. The maximum absolute atomic E-state index is 12.9. The van der Waals surface area contributed by atoms with Crippen LogP contribution in [0.3, 0.4) is 0 Å². The lowest BCUT2D eigenvalue weighted by Crippen LogP contribution is -2.55. The van der Waals surface area contributed by atoms with Crippen LogP contribution in [0, 0.1) is 11.3 Å². The second kappa shape index (κ2) is 10.6. The van der Waals surface area contributed by atoms with Gasteiger partial charge in [-0.25, -0.2) is 5.43 Å². The molecule has 8 heteroatoms. The Balaban J connectivity index is 1.62. The van der Waals surface area contributed by atoms with Crippen molar-refractivity contribution in [2.45, 2.75) is 38.1 Å². The van der Waals surface area contributed by atoms with Gasteiger partial charge in [-0.15, -0.1) is 0 Å². The Morgan fingerprint density at radius 1 is 1.03 bits per heavy atom. The van der Waals surface area contributed by atoms with E-state index in [1.54, 1.807) is 30.3 Å². The molecule has 0 spiro atoms. The number of hydrogen-bond acceptors (Lipinski definition) is 5. The Morgan fingerprint density at radius 2 is 1.76 bits per heavy atom. The van der Waals surface area contributed by atoms with Crippen molar-refractivity contribution in [2.75, 3.05) is 0 Å². The first-order valence-electron chi connectivity index (χ1n) is 9.62. The van der Waals surface area contributed by atoms with Crippen molar-refractivity contribution in [2.24, 2.45) is 5.92 Å². The Morgan fingerprint density at radius 3 is 2.45 bits per heavy atom. The second-order valence-electron chi connectivity index (χ2n) is 7.03. The quantitative estimate of drug-likeness (QED) is 0.294. The van der Waals surface area contributed by atoms with Gasteiger partial charge < -0.3 is 10.2 Å². The van der Waals surface area contributed by atoms with Gasteiger partial charge in [0.05, 0.1) is 10.0 Å². The maximum Gasteiger partial charge on any atom is 0.244 e. The molecule has 1 fully saturated rings. The molecule has 1 aliphatic rings. The number of carbonyl (C=O) groups is 1. The number of hydrazine groups is 1. The summed E-state index contributed by atoms with van der Waals surface area (Å²) in [4.78, 5) is 18.4. The van der Waals surface area contributed by atoms with Crippen molar-refractivity contribution in [3.8, 4) is 5.75 Å². The molecule has 1 amide bonds. The van der Waals surface area contributed by atoms with Crippen molar-refractivity contribution < 1.29 is 9.63 Å². The number of hydrogen-bond donors (Lipinski definition) is 4. The van der Waals surface area contributed by atoms with E-state index in [4.69, 9.17) is 33.4 Å². The van der Waals surface area contributed by atoms with Crippen molar-refractivity contribution in [3.05, 3.63) is 64.1 Å². The summed E-state index contributed by atoms with van der Waals surface area (Å²) in [5.41, 5.74) is 6.28. The highest BCUT2D eigenvalue weighted by Gasteiger charge is 2.30. The van der Waals surface area contributed by atoms with Crippen LogP contribution in [0.4, 0.5) is 0 Å². The molecule has 4 N–H and O–H groups in total. The lowest BCUT2D eigenvalue weighted by atomic mass is 9.83. The molecule has 1 saturated carbocycles. The second-order valence-corrected chi connectivity index (χ2v) is 7.84. The lowest BCUT2D eigenvalue weighted by Gasteiger charge is -2.30. The van der Waals surface area contributed by atoms with Crippen LogP contribution in [-0.2, 0) is 4.79 Å². The van der Waals surface area contributed by atoms with E-state index in [1.807, 2.05) is 18.2 Å². The summed E-state index contributed by atoms with van der Waals surface area (Å²) in [5.74, 6) is 0.420. The van der Waals surface area contributed by atoms with Gasteiger partial charge in [-0.2, -0.15) is 0 Å². The number of rotatable bonds is 7. The minimum absolute atomic E-state index is 0.0728. The van der Waals surface area contributed by atoms with Crippen molar-refractivity contribution >= 4 is 34.9 Å². The van der Waals surface area contributed by atoms with E-state index in [2.05, 4.69) is 16.3 Å². The van der Waals surface area contributed by atoms with E-state index in [1.165, 1.54) is 6.42 Å².